The molecule has 1 fully saturated rings. The number of halogens is 2. The molecule has 1 aliphatic carbocycles. The number of hydrogen-bond acceptors (Lipinski definition) is 6. The van der Waals surface area contributed by atoms with Gasteiger partial charge >= 0.3 is 0 Å². The summed E-state index contributed by atoms with van der Waals surface area (Å²) in [7, 11) is 4.71. The maximum atomic E-state index is 6.33. The second-order valence-corrected chi connectivity index (χ2v) is 6.77. The third-order valence-corrected chi connectivity index (χ3v) is 5.03. The van der Waals surface area contributed by atoms with Crippen molar-refractivity contribution in [1.29, 1.82) is 0 Å². The van der Waals surface area contributed by atoms with Crippen LogP contribution in [0.15, 0.2) is 24.4 Å². The number of rotatable bonds is 8. The van der Waals surface area contributed by atoms with Crippen molar-refractivity contribution < 1.29 is 18.9 Å². The average Bonchev–Trinajstić information content (AvgIpc) is 3.46. The number of aromatic nitrogens is 1. The monoisotopic (exact) mass is 414 g/mol. The fraction of sp³-hybridized carbons (Fsp3) is 0.421. The third-order valence-electron chi connectivity index (χ3n) is 4.72. The van der Waals surface area contributed by atoms with Gasteiger partial charge in [0.1, 0.15) is 10.9 Å². The highest BCUT2D eigenvalue weighted by molar-refractivity contribution is 6.32. The molecule has 2 N–H and O–H groups in total. The molecule has 1 heterocycles. The lowest BCUT2D eigenvalue weighted by atomic mass is 10.1. The van der Waals surface area contributed by atoms with E-state index in [1.54, 1.807) is 27.5 Å². The van der Waals surface area contributed by atoms with E-state index in [1.165, 1.54) is 0 Å². The van der Waals surface area contributed by atoms with Gasteiger partial charge in [-0.2, -0.15) is 0 Å². The fourth-order valence-corrected chi connectivity index (χ4v) is 2.98. The van der Waals surface area contributed by atoms with E-state index in [9.17, 15) is 0 Å². The van der Waals surface area contributed by atoms with Gasteiger partial charge in [-0.15, -0.1) is 12.4 Å². The minimum atomic E-state index is 0. The highest BCUT2D eigenvalue weighted by Crippen LogP contribution is 2.45. The van der Waals surface area contributed by atoms with Crippen LogP contribution in [0.1, 0.15) is 12.8 Å². The molecule has 8 heteroatoms. The van der Waals surface area contributed by atoms with E-state index in [0.29, 0.717) is 41.3 Å². The van der Waals surface area contributed by atoms with E-state index in [4.69, 9.17) is 36.3 Å². The molecule has 1 aromatic carbocycles. The zero-order valence-electron chi connectivity index (χ0n) is 15.6. The van der Waals surface area contributed by atoms with E-state index >= 15 is 0 Å². The Morgan fingerprint density at radius 2 is 1.70 bits per heavy atom. The van der Waals surface area contributed by atoms with Crippen molar-refractivity contribution in [3.63, 3.8) is 0 Å². The smallest absolute Gasteiger partial charge is 0.203 e. The number of ether oxygens (including phenoxy) is 4. The van der Waals surface area contributed by atoms with Gasteiger partial charge in [-0.05, 0) is 36.6 Å². The van der Waals surface area contributed by atoms with Crippen molar-refractivity contribution in [3.05, 3.63) is 29.5 Å². The van der Waals surface area contributed by atoms with Gasteiger partial charge in [0.15, 0.2) is 11.5 Å². The van der Waals surface area contributed by atoms with E-state index < -0.39 is 0 Å². The first-order chi connectivity index (χ1) is 12.6. The molecule has 148 valence electrons. The normalized spacial score (nSPS) is 14.1. The summed E-state index contributed by atoms with van der Waals surface area (Å²) in [6, 6.07) is 5.52. The van der Waals surface area contributed by atoms with E-state index in [-0.39, 0.29) is 17.8 Å². The largest absolute Gasteiger partial charge is 0.493 e. The number of pyridine rings is 1. The van der Waals surface area contributed by atoms with Crippen molar-refractivity contribution >= 4 is 24.0 Å². The van der Waals surface area contributed by atoms with Crippen LogP contribution in [0.3, 0.4) is 0 Å². The quantitative estimate of drug-likeness (QED) is 0.658. The summed E-state index contributed by atoms with van der Waals surface area (Å²) in [6.45, 7) is 1.22. The Labute approximate surface area is 170 Å². The van der Waals surface area contributed by atoms with Crippen LogP contribution in [-0.2, 0) is 0 Å². The van der Waals surface area contributed by atoms with Crippen LogP contribution >= 0.6 is 24.0 Å². The molecular formula is C19H24Cl2N2O4. The molecule has 0 unspecified atom stereocenters. The maximum Gasteiger partial charge on any atom is 0.203 e. The predicted octanol–water partition coefficient (Wildman–Crippen LogP) is 3.97. The fourth-order valence-electron chi connectivity index (χ4n) is 2.77. The number of benzene rings is 1. The predicted molar refractivity (Wildman–Crippen MR) is 108 cm³/mol. The van der Waals surface area contributed by atoms with Gasteiger partial charge < -0.3 is 24.7 Å². The molecule has 0 aliphatic heterocycles. The molecule has 1 aliphatic rings. The number of nitrogens with two attached hydrogens (primary N) is 1. The molecular weight excluding hydrogens is 391 g/mol. The Morgan fingerprint density at radius 1 is 1.07 bits per heavy atom. The van der Waals surface area contributed by atoms with Crippen LogP contribution in [0.25, 0.3) is 11.1 Å². The van der Waals surface area contributed by atoms with Gasteiger partial charge in [-0.1, -0.05) is 11.6 Å². The Kier molecular flexibility index (Phi) is 7.03. The van der Waals surface area contributed by atoms with Crippen molar-refractivity contribution in [1.82, 2.24) is 4.98 Å². The Morgan fingerprint density at radius 3 is 2.19 bits per heavy atom. The lowest BCUT2D eigenvalue weighted by molar-refractivity contribution is 0.238. The highest BCUT2D eigenvalue weighted by atomic mass is 35.5. The van der Waals surface area contributed by atoms with Gasteiger partial charge in [0.2, 0.25) is 5.75 Å². The summed E-state index contributed by atoms with van der Waals surface area (Å²) < 4.78 is 22.1. The summed E-state index contributed by atoms with van der Waals surface area (Å²) in [6.07, 6.45) is 3.82. The summed E-state index contributed by atoms with van der Waals surface area (Å²) in [4.78, 5) is 4.25. The Balaban J connectivity index is 0.00000261. The Hall–Kier alpha value is -1.89. The van der Waals surface area contributed by atoms with Crippen molar-refractivity contribution in [2.75, 3.05) is 34.5 Å². The van der Waals surface area contributed by atoms with Gasteiger partial charge in [0.05, 0.1) is 34.1 Å². The maximum absolute atomic E-state index is 6.33. The molecule has 0 radical (unpaired) electrons. The van der Waals surface area contributed by atoms with Crippen LogP contribution in [-0.4, -0.2) is 39.5 Å². The zero-order valence-corrected chi connectivity index (χ0v) is 17.2. The summed E-state index contributed by atoms with van der Waals surface area (Å²) in [5.41, 5.74) is 7.45. The second kappa shape index (κ2) is 8.87. The standard InChI is InChI=1S/C19H23ClN2O4.ClH/c1-23-15-6-12(7-16(24-2)17(15)25-3)14-8-13(9-22-18(14)20)26-11-19(10-21)4-5-19;/h6-9H,4-5,10-11,21H2,1-3H3;1H. The number of hydrogen-bond donors (Lipinski definition) is 1. The number of methoxy groups -OCH3 is 3. The van der Waals surface area contributed by atoms with Crippen LogP contribution in [0.2, 0.25) is 5.15 Å². The Bertz CT molecular complexity index is 772. The van der Waals surface area contributed by atoms with Crippen LogP contribution in [0, 0.1) is 5.41 Å². The summed E-state index contributed by atoms with van der Waals surface area (Å²) >= 11 is 6.33. The molecule has 6 nitrogen and oxygen atoms in total. The molecule has 0 bridgehead atoms. The first kappa shape index (κ1) is 21.4. The van der Waals surface area contributed by atoms with Crippen LogP contribution in [0.4, 0.5) is 0 Å². The van der Waals surface area contributed by atoms with E-state index in [1.807, 2.05) is 18.2 Å². The molecule has 0 saturated heterocycles. The summed E-state index contributed by atoms with van der Waals surface area (Å²) in [5, 5.41) is 0.367. The molecule has 1 aromatic heterocycles. The number of nitrogens with zero attached hydrogens (tertiary/aromatic N) is 1. The van der Waals surface area contributed by atoms with Crippen molar-refractivity contribution in [3.8, 4) is 34.1 Å². The first-order valence-corrected chi connectivity index (χ1v) is 8.72. The molecule has 2 aromatic rings. The molecule has 0 atom stereocenters. The third kappa shape index (κ3) is 4.51. The SMILES string of the molecule is COc1cc(-c2cc(OCC3(CN)CC3)cnc2Cl)cc(OC)c1OC.Cl. The lowest BCUT2D eigenvalue weighted by Crippen LogP contribution is -2.22. The highest BCUT2D eigenvalue weighted by Gasteiger charge is 2.42. The second-order valence-electron chi connectivity index (χ2n) is 6.42. The zero-order chi connectivity index (χ0) is 18.7. The van der Waals surface area contributed by atoms with Gasteiger partial charge in [-0.25, -0.2) is 4.98 Å². The molecule has 1 saturated carbocycles. The average molecular weight is 415 g/mol. The van der Waals surface area contributed by atoms with Crippen LogP contribution in [0.5, 0.6) is 23.0 Å². The topological polar surface area (TPSA) is 75.8 Å². The minimum absolute atomic E-state index is 0. The summed E-state index contributed by atoms with van der Waals surface area (Å²) in [5.74, 6) is 2.26. The van der Waals surface area contributed by atoms with Gasteiger partial charge in [0, 0.05) is 17.5 Å². The molecule has 0 spiro atoms. The molecule has 0 amide bonds. The lowest BCUT2D eigenvalue weighted by Gasteiger charge is -2.16. The van der Waals surface area contributed by atoms with Crippen molar-refractivity contribution in [2.24, 2.45) is 11.1 Å². The first-order valence-electron chi connectivity index (χ1n) is 8.34. The minimum Gasteiger partial charge on any atom is -0.493 e. The van der Waals surface area contributed by atoms with Crippen molar-refractivity contribution in [2.45, 2.75) is 12.8 Å². The molecule has 27 heavy (non-hydrogen) atoms. The molecule has 3 rings (SSSR count). The van der Waals surface area contributed by atoms with Crippen LogP contribution < -0.4 is 24.7 Å². The van der Waals surface area contributed by atoms with Gasteiger partial charge in [-0.3, -0.25) is 0 Å². The van der Waals surface area contributed by atoms with E-state index in [0.717, 1.165) is 24.0 Å². The van der Waals surface area contributed by atoms with Gasteiger partial charge in [0.25, 0.3) is 0 Å². The van der Waals surface area contributed by atoms with E-state index in [2.05, 4.69) is 4.98 Å².